The van der Waals surface area contributed by atoms with Crippen LogP contribution < -0.4 is 5.32 Å². The average Bonchev–Trinajstić information content (AvgIpc) is 2.28. The molecule has 0 atom stereocenters. The number of para-hydroxylation sites is 1. The lowest BCUT2D eigenvalue weighted by atomic mass is 9.93. The van der Waals surface area contributed by atoms with Crippen molar-refractivity contribution < 1.29 is 9.90 Å². The summed E-state index contributed by atoms with van der Waals surface area (Å²) in [6.07, 6.45) is 0. The number of phenols is 1. The zero-order valence-corrected chi connectivity index (χ0v) is 12.4. The summed E-state index contributed by atoms with van der Waals surface area (Å²) in [7, 11) is 4.02. The molecule has 0 aliphatic rings. The molecule has 1 amide bonds. The lowest BCUT2D eigenvalue weighted by Gasteiger charge is -2.28. The fourth-order valence-electron chi connectivity index (χ4n) is 2.17. The smallest absolute Gasteiger partial charge is 0.255 e. The highest BCUT2D eigenvalue weighted by atomic mass is 16.3. The summed E-state index contributed by atoms with van der Waals surface area (Å²) in [5.74, 6) is -0.168. The van der Waals surface area contributed by atoms with Gasteiger partial charge in [-0.2, -0.15) is 0 Å². The number of carbonyl (C=O) groups is 1. The zero-order valence-electron chi connectivity index (χ0n) is 12.4. The highest BCUT2D eigenvalue weighted by Gasteiger charge is 2.21. The van der Waals surface area contributed by atoms with E-state index in [1.807, 2.05) is 14.1 Å². The molecule has 4 nitrogen and oxygen atoms in total. The molecule has 0 fully saturated rings. The molecule has 0 aliphatic heterocycles. The minimum absolute atomic E-state index is 0.0153. The van der Waals surface area contributed by atoms with Crippen molar-refractivity contribution in [3.8, 4) is 5.75 Å². The predicted molar refractivity (Wildman–Crippen MR) is 77.5 cm³/mol. The number of nitrogens with one attached hydrogen (secondary N) is 1. The average molecular weight is 264 g/mol. The maximum atomic E-state index is 12.1. The molecule has 2 N–H and O–H groups in total. The summed E-state index contributed by atoms with van der Waals surface area (Å²) >= 11 is 0. The number of carbonyl (C=O) groups excluding carboxylic acids is 1. The molecule has 0 aliphatic carbocycles. The molecule has 0 aromatic heterocycles. The van der Waals surface area contributed by atoms with E-state index in [1.165, 1.54) is 0 Å². The van der Waals surface area contributed by atoms with Crippen LogP contribution >= 0.6 is 0 Å². The first-order chi connectivity index (χ1) is 8.73. The van der Waals surface area contributed by atoms with Crippen LogP contribution in [0.15, 0.2) is 18.2 Å². The minimum Gasteiger partial charge on any atom is -0.507 e. The summed E-state index contributed by atoms with van der Waals surface area (Å²) in [5.41, 5.74) is 1.03. The summed E-state index contributed by atoms with van der Waals surface area (Å²) in [6, 6.07) is 5.19. The van der Waals surface area contributed by atoms with Gasteiger partial charge in [0.1, 0.15) is 5.75 Å². The number of rotatable bonds is 5. The maximum absolute atomic E-state index is 12.1. The van der Waals surface area contributed by atoms with Gasteiger partial charge in [-0.3, -0.25) is 4.79 Å². The van der Waals surface area contributed by atoms with E-state index in [9.17, 15) is 9.90 Å². The molecule has 0 spiro atoms. The van der Waals surface area contributed by atoms with Crippen LogP contribution in [0.25, 0.3) is 0 Å². The number of amides is 1. The van der Waals surface area contributed by atoms with Crippen molar-refractivity contribution in [2.75, 3.05) is 27.2 Å². The molecule has 1 aromatic rings. The fourth-order valence-corrected chi connectivity index (χ4v) is 2.17. The lowest BCUT2D eigenvalue weighted by molar-refractivity contribution is 0.0926. The largest absolute Gasteiger partial charge is 0.507 e. The van der Waals surface area contributed by atoms with Crippen LogP contribution in [0.3, 0.4) is 0 Å². The number of aromatic hydroxyl groups is 1. The summed E-state index contributed by atoms with van der Waals surface area (Å²) in [6.45, 7) is 7.43. The molecule has 106 valence electrons. The van der Waals surface area contributed by atoms with Crippen molar-refractivity contribution in [2.24, 2.45) is 5.41 Å². The highest BCUT2D eigenvalue weighted by Crippen LogP contribution is 2.21. The Balaban J connectivity index is 2.68. The molecular formula is C15H24N2O2. The van der Waals surface area contributed by atoms with E-state index in [-0.39, 0.29) is 17.1 Å². The van der Waals surface area contributed by atoms with Crippen molar-refractivity contribution in [1.82, 2.24) is 10.2 Å². The second-order valence-electron chi connectivity index (χ2n) is 6.06. The molecule has 1 rings (SSSR count). The van der Waals surface area contributed by atoms with Gasteiger partial charge in [0.05, 0.1) is 5.56 Å². The van der Waals surface area contributed by atoms with Gasteiger partial charge in [-0.05, 0) is 38.1 Å². The molecule has 0 unspecified atom stereocenters. The zero-order chi connectivity index (χ0) is 14.6. The first-order valence-electron chi connectivity index (χ1n) is 6.44. The van der Waals surface area contributed by atoms with Gasteiger partial charge < -0.3 is 15.3 Å². The Morgan fingerprint density at radius 2 is 2.00 bits per heavy atom. The second-order valence-corrected chi connectivity index (χ2v) is 6.06. The van der Waals surface area contributed by atoms with Crippen molar-refractivity contribution in [3.05, 3.63) is 29.3 Å². The normalized spacial score (nSPS) is 11.7. The van der Waals surface area contributed by atoms with Crippen molar-refractivity contribution in [2.45, 2.75) is 20.8 Å². The molecule has 0 heterocycles. The molecule has 0 radical (unpaired) electrons. The topological polar surface area (TPSA) is 52.6 Å². The first-order valence-corrected chi connectivity index (χ1v) is 6.44. The maximum Gasteiger partial charge on any atom is 0.255 e. The van der Waals surface area contributed by atoms with Crippen molar-refractivity contribution in [1.29, 1.82) is 0 Å². The Labute approximate surface area is 115 Å². The second kappa shape index (κ2) is 6.06. The van der Waals surface area contributed by atoms with E-state index in [4.69, 9.17) is 0 Å². The van der Waals surface area contributed by atoms with E-state index < -0.39 is 0 Å². The molecule has 4 heteroatoms. The Kier molecular flexibility index (Phi) is 4.95. The standard InChI is InChI=1S/C15H24N2O2/c1-11-7-6-8-12(13(11)18)14(19)16-9-15(2,3)10-17(4)5/h6-8,18H,9-10H2,1-5H3,(H,16,19). The quantitative estimate of drug-likeness (QED) is 0.855. The molecule has 1 aromatic carbocycles. The molecule has 0 bridgehead atoms. The molecule has 0 saturated carbocycles. The Morgan fingerprint density at radius 3 is 2.58 bits per heavy atom. The van der Waals surface area contributed by atoms with Gasteiger partial charge in [-0.25, -0.2) is 0 Å². The van der Waals surface area contributed by atoms with Gasteiger partial charge in [-0.15, -0.1) is 0 Å². The van der Waals surface area contributed by atoms with Crippen LogP contribution in [-0.2, 0) is 0 Å². The Hall–Kier alpha value is -1.55. The van der Waals surface area contributed by atoms with Crippen LogP contribution in [0, 0.1) is 12.3 Å². The van der Waals surface area contributed by atoms with Gasteiger partial charge in [0.2, 0.25) is 0 Å². The third kappa shape index (κ3) is 4.56. The van der Waals surface area contributed by atoms with E-state index in [1.54, 1.807) is 25.1 Å². The predicted octanol–water partition coefficient (Wildman–Crippen LogP) is 2.02. The number of hydrogen-bond donors (Lipinski definition) is 2. The van der Waals surface area contributed by atoms with Crippen molar-refractivity contribution in [3.63, 3.8) is 0 Å². The van der Waals surface area contributed by atoms with Gasteiger partial charge in [0, 0.05) is 13.1 Å². The van der Waals surface area contributed by atoms with E-state index >= 15 is 0 Å². The van der Waals surface area contributed by atoms with Gasteiger partial charge in [-0.1, -0.05) is 26.0 Å². The van der Waals surface area contributed by atoms with E-state index in [0.717, 1.165) is 6.54 Å². The fraction of sp³-hybridized carbons (Fsp3) is 0.533. The number of aryl methyl sites for hydroxylation is 1. The monoisotopic (exact) mass is 264 g/mol. The van der Waals surface area contributed by atoms with Gasteiger partial charge >= 0.3 is 0 Å². The lowest BCUT2D eigenvalue weighted by Crippen LogP contribution is -2.40. The Bertz CT molecular complexity index is 453. The summed E-state index contributed by atoms with van der Waals surface area (Å²) in [4.78, 5) is 14.2. The molecular weight excluding hydrogens is 240 g/mol. The number of hydrogen-bond acceptors (Lipinski definition) is 3. The van der Waals surface area contributed by atoms with Gasteiger partial charge in [0.25, 0.3) is 5.91 Å². The number of benzene rings is 1. The third-order valence-corrected chi connectivity index (χ3v) is 2.95. The van der Waals surface area contributed by atoms with Crippen LogP contribution in [0.2, 0.25) is 0 Å². The third-order valence-electron chi connectivity index (χ3n) is 2.95. The van der Waals surface area contributed by atoms with E-state index in [0.29, 0.717) is 17.7 Å². The SMILES string of the molecule is Cc1cccc(C(=O)NCC(C)(C)CN(C)C)c1O. The van der Waals surface area contributed by atoms with Crippen LogP contribution in [-0.4, -0.2) is 43.1 Å². The molecule has 19 heavy (non-hydrogen) atoms. The number of phenolic OH excluding ortho intramolecular Hbond substituents is 1. The van der Waals surface area contributed by atoms with Crippen LogP contribution in [0.5, 0.6) is 5.75 Å². The summed E-state index contributed by atoms with van der Waals surface area (Å²) in [5, 5.41) is 12.8. The number of nitrogens with zero attached hydrogens (tertiary/aromatic N) is 1. The van der Waals surface area contributed by atoms with E-state index in [2.05, 4.69) is 24.1 Å². The Morgan fingerprint density at radius 1 is 1.37 bits per heavy atom. The van der Waals surface area contributed by atoms with Crippen molar-refractivity contribution >= 4 is 5.91 Å². The van der Waals surface area contributed by atoms with Crippen LogP contribution in [0.1, 0.15) is 29.8 Å². The summed E-state index contributed by atoms with van der Waals surface area (Å²) < 4.78 is 0. The molecule has 0 saturated heterocycles. The van der Waals surface area contributed by atoms with Gasteiger partial charge in [0.15, 0.2) is 0 Å². The van der Waals surface area contributed by atoms with Crippen LogP contribution in [0.4, 0.5) is 0 Å². The first kappa shape index (κ1) is 15.5. The highest BCUT2D eigenvalue weighted by molar-refractivity contribution is 5.97. The minimum atomic E-state index is -0.229.